The Balaban J connectivity index is 2.23. The van der Waals surface area contributed by atoms with Crippen molar-refractivity contribution >= 4 is 5.97 Å². The van der Waals surface area contributed by atoms with Gasteiger partial charge in [0.1, 0.15) is 0 Å². The molecule has 3 atom stereocenters. The van der Waals surface area contributed by atoms with Crippen molar-refractivity contribution in [2.45, 2.75) is 18.4 Å². The maximum Gasteiger partial charge on any atom is 0.310 e. The summed E-state index contributed by atoms with van der Waals surface area (Å²) in [5, 5.41) is 20.5. The fourth-order valence-electron chi connectivity index (χ4n) is 3.91. The highest BCUT2D eigenvalue weighted by Gasteiger charge is 2.42. The lowest BCUT2D eigenvalue weighted by Crippen LogP contribution is -2.39. The number of aliphatic hydroxyl groups is 1. The molecule has 0 heterocycles. The molecule has 0 aliphatic heterocycles. The van der Waals surface area contributed by atoms with Crippen molar-refractivity contribution in [1.29, 1.82) is 0 Å². The highest BCUT2D eigenvalue weighted by Crippen LogP contribution is 2.46. The Morgan fingerprint density at radius 3 is 2.04 bits per heavy atom. The maximum absolute atomic E-state index is 12.0. The molecule has 0 bridgehead atoms. The lowest BCUT2D eigenvalue weighted by Gasteiger charge is -2.35. The Bertz CT molecular complexity index is 877. The summed E-state index contributed by atoms with van der Waals surface area (Å²) in [5.74, 6) is -0.582. The van der Waals surface area contributed by atoms with Crippen molar-refractivity contribution in [2.24, 2.45) is 5.92 Å². The van der Waals surface area contributed by atoms with Crippen LogP contribution < -0.4 is 18.9 Å². The molecule has 3 unspecified atom stereocenters. The molecule has 0 saturated carbocycles. The van der Waals surface area contributed by atoms with Crippen molar-refractivity contribution in [1.82, 2.24) is 0 Å². The quantitative estimate of drug-likeness (QED) is 0.785. The first kappa shape index (κ1) is 19.8. The van der Waals surface area contributed by atoms with Gasteiger partial charge in [0.05, 0.1) is 40.5 Å². The van der Waals surface area contributed by atoms with Crippen molar-refractivity contribution in [3.8, 4) is 23.0 Å². The molecule has 2 N–H and O–H groups in total. The summed E-state index contributed by atoms with van der Waals surface area (Å²) in [5.41, 5.74) is 2.31. The molecule has 28 heavy (non-hydrogen) atoms. The van der Waals surface area contributed by atoms with E-state index in [-0.39, 0.29) is 6.42 Å². The molecule has 1 aliphatic carbocycles. The standard InChI is InChI=1S/C21H24O7/c1-25-15-6-5-11(8-16(15)26-2)19-13-10-18(28-4)17(27-3)9-12(13)7-14(22)20(19)21(23)24/h5-6,8-10,14,19-20,22H,7H2,1-4H3,(H,23,24). The minimum atomic E-state index is -1.06. The summed E-state index contributed by atoms with van der Waals surface area (Å²) in [7, 11) is 6.12. The van der Waals surface area contributed by atoms with E-state index in [0.29, 0.717) is 28.6 Å². The number of aliphatic carboxylic acids is 1. The van der Waals surface area contributed by atoms with Gasteiger partial charge in [0, 0.05) is 5.92 Å². The second-order valence-electron chi connectivity index (χ2n) is 6.63. The second-order valence-corrected chi connectivity index (χ2v) is 6.63. The lowest BCUT2D eigenvalue weighted by atomic mass is 9.70. The SMILES string of the molecule is COc1ccc(C2c3cc(OC)c(OC)cc3CC(O)C2C(=O)O)cc1OC. The zero-order chi connectivity index (χ0) is 20.4. The van der Waals surface area contributed by atoms with Crippen LogP contribution in [0.4, 0.5) is 0 Å². The van der Waals surface area contributed by atoms with E-state index in [1.54, 1.807) is 30.3 Å². The molecule has 2 aromatic rings. The number of rotatable bonds is 6. The molecule has 7 heteroatoms. The van der Waals surface area contributed by atoms with E-state index < -0.39 is 23.9 Å². The Morgan fingerprint density at radius 1 is 0.893 bits per heavy atom. The number of hydrogen-bond acceptors (Lipinski definition) is 6. The number of ether oxygens (including phenoxy) is 4. The molecule has 0 aromatic heterocycles. The summed E-state index contributed by atoms with van der Waals surface area (Å²) in [6.45, 7) is 0. The van der Waals surface area contributed by atoms with Crippen LogP contribution in [0.3, 0.4) is 0 Å². The van der Waals surface area contributed by atoms with Gasteiger partial charge in [-0.2, -0.15) is 0 Å². The Labute approximate surface area is 163 Å². The minimum Gasteiger partial charge on any atom is -0.493 e. The Kier molecular flexibility index (Phi) is 5.65. The van der Waals surface area contributed by atoms with Gasteiger partial charge < -0.3 is 29.2 Å². The molecule has 2 aromatic carbocycles. The molecule has 0 saturated heterocycles. The first-order valence-electron chi connectivity index (χ1n) is 8.82. The minimum absolute atomic E-state index is 0.219. The normalized spacial score (nSPS) is 20.8. The molecular formula is C21H24O7. The van der Waals surface area contributed by atoms with Gasteiger partial charge in [-0.25, -0.2) is 0 Å². The fraction of sp³-hybridized carbons (Fsp3) is 0.381. The van der Waals surface area contributed by atoms with Gasteiger partial charge in [0.2, 0.25) is 0 Å². The molecule has 3 rings (SSSR count). The molecule has 1 aliphatic rings. The van der Waals surface area contributed by atoms with E-state index in [1.165, 1.54) is 28.4 Å². The largest absolute Gasteiger partial charge is 0.493 e. The Morgan fingerprint density at radius 2 is 1.46 bits per heavy atom. The first-order chi connectivity index (χ1) is 13.4. The summed E-state index contributed by atoms with van der Waals surface area (Å²) in [4.78, 5) is 12.0. The molecule has 7 nitrogen and oxygen atoms in total. The van der Waals surface area contributed by atoms with Crippen LogP contribution in [-0.2, 0) is 11.2 Å². The number of fused-ring (bicyclic) bond motifs is 1. The van der Waals surface area contributed by atoms with Gasteiger partial charge in [0.25, 0.3) is 0 Å². The van der Waals surface area contributed by atoms with Crippen LogP contribution in [0.2, 0.25) is 0 Å². The van der Waals surface area contributed by atoms with Crippen molar-refractivity contribution in [3.63, 3.8) is 0 Å². The monoisotopic (exact) mass is 388 g/mol. The summed E-state index contributed by atoms with van der Waals surface area (Å²) < 4.78 is 21.4. The number of aliphatic hydroxyl groups excluding tert-OH is 1. The number of benzene rings is 2. The van der Waals surface area contributed by atoms with E-state index in [2.05, 4.69) is 0 Å². The lowest BCUT2D eigenvalue weighted by molar-refractivity contribution is -0.146. The van der Waals surface area contributed by atoms with Crippen LogP contribution in [-0.4, -0.2) is 50.7 Å². The van der Waals surface area contributed by atoms with Crippen LogP contribution in [0.1, 0.15) is 22.6 Å². The third-order valence-electron chi connectivity index (χ3n) is 5.24. The first-order valence-corrected chi connectivity index (χ1v) is 8.82. The van der Waals surface area contributed by atoms with Crippen molar-refractivity contribution in [3.05, 3.63) is 47.0 Å². The van der Waals surface area contributed by atoms with E-state index in [0.717, 1.165) is 11.1 Å². The third kappa shape index (κ3) is 3.33. The second kappa shape index (κ2) is 7.98. The van der Waals surface area contributed by atoms with Gasteiger partial charge in [-0.3, -0.25) is 4.79 Å². The number of methoxy groups -OCH3 is 4. The van der Waals surface area contributed by atoms with E-state index in [1.807, 2.05) is 0 Å². The van der Waals surface area contributed by atoms with Crippen LogP contribution in [0.15, 0.2) is 30.3 Å². The van der Waals surface area contributed by atoms with Gasteiger partial charge in [0.15, 0.2) is 23.0 Å². The van der Waals surface area contributed by atoms with Gasteiger partial charge >= 0.3 is 5.97 Å². The third-order valence-corrected chi connectivity index (χ3v) is 5.24. The molecule has 0 radical (unpaired) electrons. The highest BCUT2D eigenvalue weighted by molar-refractivity contribution is 5.75. The van der Waals surface area contributed by atoms with E-state index in [4.69, 9.17) is 18.9 Å². The number of carboxylic acids is 1. The van der Waals surface area contributed by atoms with Crippen LogP contribution in [0.25, 0.3) is 0 Å². The summed E-state index contributed by atoms with van der Waals surface area (Å²) >= 11 is 0. The predicted octanol–water partition coefficient (Wildman–Crippen LogP) is 2.47. The number of carbonyl (C=O) groups is 1. The van der Waals surface area contributed by atoms with Gasteiger partial charge in [-0.1, -0.05) is 6.07 Å². The van der Waals surface area contributed by atoms with E-state index >= 15 is 0 Å². The zero-order valence-corrected chi connectivity index (χ0v) is 16.3. The molecule has 150 valence electrons. The van der Waals surface area contributed by atoms with Crippen LogP contribution in [0, 0.1) is 5.92 Å². The van der Waals surface area contributed by atoms with Crippen molar-refractivity contribution in [2.75, 3.05) is 28.4 Å². The summed E-state index contributed by atoms with van der Waals surface area (Å²) in [6.07, 6.45) is -0.822. The molecule has 0 amide bonds. The number of carboxylic acid groups (broad SMARTS) is 1. The van der Waals surface area contributed by atoms with E-state index in [9.17, 15) is 15.0 Å². The van der Waals surface area contributed by atoms with Crippen LogP contribution >= 0.6 is 0 Å². The average molecular weight is 388 g/mol. The highest BCUT2D eigenvalue weighted by atomic mass is 16.5. The van der Waals surface area contributed by atoms with Crippen LogP contribution in [0.5, 0.6) is 23.0 Å². The molecular weight excluding hydrogens is 364 g/mol. The maximum atomic E-state index is 12.0. The fourth-order valence-corrected chi connectivity index (χ4v) is 3.91. The van der Waals surface area contributed by atoms with Crippen molar-refractivity contribution < 1.29 is 34.0 Å². The number of hydrogen-bond donors (Lipinski definition) is 2. The van der Waals surface area contributed by atoms with Gasteiger partial charge in [-0.05, 0) is 47.4 Å². The smallest absolute Gasteiger partial charge is 0.310 e. The zero-order valence-electron chi connectivity index (χ0n) is 16.3. The Hall–Kier alpha value is -2.93. The average Bonchev–Trinajstić information content (AvgIpc) is 2.70. The predicted molar refractivity (Wildman–Crippen MR) is 102 cm³/mol. The molecule has 0 fully saturated rings. The topological polar surface area (TPSA) is 94.5 Å². The van der Waals surface area contributed by atoms with Gasteiger partial charge in [-0.15, -0.1) is 0 Å². The molecule has 0 spiro atoms. The summed E-state index contributed by atoms with van der Waals surface area (Å²) in [6, 6.07) is 8.85.